The van der Waals surface area contributed by atoms with Gasteiger partial charge in [-0.15, -0.1) is 0 Å². The molecular weight excluding hydrogens is 405 g/mol. The second-order valence-corrected chi connectivity index (χ2v) is 9.67. The zero-order chi connectivity index (χ0) is 22.5. The maximum Gasteiger partial charge on any atom is 0.162 e. The molecule has 0 aromatic heterocycles. The number of nitrogens with zero attached hydrogens (tertiary/aromatic N) is 3. The first-order valence-corrected chi connectivity index (χ1v) is 11.5. The molecule has 5 nitrogen and oxygen atoms in total. The molecule has 0 N–H and O–H groups in total. The van der Waals surface area contributed by atoms with Crippen LogP contribution in [0, 0.1) is 5.82 Å². The first-order chi connectivity index (χ1) is 15.4. The number of hydrogen-bond acceptors (Lipinski definition) is 5. The molecule has 2 aromatic rings. The maximum atomic E-state index is 13.1. The van der Waals surface area contributed by atoms with Crippen molar-refractivity contribution >= 4 is 23.4 Å². The fourth-order valence-electron chi connectivity index (χ4n) is 6.06. The number of fused-ring (bicyclic) bond motifs is 3. The standard InChI is InChI=1S/C26H30FN3O2/c1-26-17-29(13-4-7-23(32)18-8-10-19(27)11-9-18)14-12-24(26)30-15-20(16-31)28(2)22-6-3-5-21(26)25(22)30/h3,5-6,8-11,16,20,24H,4,7,12-15,17H2,1-2H3/t20?,24-,26-/m0/s1. The molecule has 5 rings (SSSR count). The molecule has 3 atom stereocenters. The summed E-state index contributed by atoms with van der Waals surface area (Å²) < 4.78 is 13.1. The molecule has 3 aliphatic rings. The number of para-hydroxylation sites is 1. The van der Waals surface area contributed by atoms with Gasteiger partial charge in [0.05, 0.1) is 11.4 Å². The number of likely N-dealkylation sites (N-methyl/N-ethyl adjacent to an activating group) is 1. The van der Waals surface area contributed by atoms with Gasteiger partial charge in [0, 0.05) is 50.1 Å². The Morgan fingerprint density at radius 1 is 1.22 bits per heavy atom. The number of ketones is 1. The van der Waals surface area contributed by atoms with Gasteiger partial charge in [0.1, 0.15) is 18.1 Å². The number of piperidine rings is 1. The van der Waals surface area contributed by atoms with Gasteiger partial charge in [-0.1, -0.05) is 19.1 Å². The Bertz CT molecular complexity index is 1040. The molecule has 6 heteroatoms. The number of carbonyl (C=O) groups excluding carboxylic acids is 2. The van der Waals surface area contributed by atoms with Crippen LogP contribution in [0.4, 0.5) is 15.8 Å². The highest BCUT2D eigenvalue weighted by atomic mass is 19.1. The van der Waals surface area contributed by atoms with Crippen LogP contribution in [0.25, 0.3) is 0 Å². The van der Waals surface area contributed by atoms with E-state index < -0.39 is 0 Å². The van der Waals surface area contributed by atoms with Crippen molar-refractivity contribution in [2.75, 3.05) is 43.0 Å². The van der Waals surface area contributed by atoms with Crippen molar-refractivity contribution in [1.82, 2.24) is 4.90 Å². The van der Waals surface area contributed by atoms with Gasteiger partial charge in [0.15, 0.2) is 5.78 Å². The molecule has 3 heterocycles. The van der Waals surface area contributed by atoms with Crippen molar-refractivity contribution in [3.63, 3.8) is 0 Å². The molecule has 0 bridgehead atoms. The zero-order valence-electron chi connectivity index (χ0n) is 18.8. The first-order valence-electron chi connectivity index (χ1n) is 11.5. The molecule has 0 aliphatic carbocycles. The number of benzene rings is 2. The second kappa shape index (κ2) is 8.00. The van der Waals surface area contributed by atoms with E-state index in [4.69, 9.17) is 0 Å². The van der Waals surface area contributed by atoms with Crippen molar-refractivity contribution in [1.29, 1.82) is 0 Å². The summed E-state index contributed by atoms with van der Waals surface area (Å²) in [6.07, 6.45) is 3.38. The molecular formula is C26H30FN3O2. The zero-order valence-corrected chi connectivity index (χ0v) is 18.8. The molecule has 0 amide bonds. The van der Waals surface area contributed by atoms with E-state index in [1.165, 1.54) is 23.4 Å². The Labute approximate surface area is 188 Å². The average molecular weight is 436 g/mol. The van der Waals surface area contributed by atoms with E-state index in [1.807, 2.05) is 7.05 Å². The molecule has 0 radical (unpaired) electrons. The normalized spacial score (nSPS) is 26.6. The number of anilines is 2. The summed E-state index contributed by atoms with van der Waals surface area (Å²) in [7, 11) is 2.01. The molecule has 32 heavy (non-hydrogen) atoms. The van der Waals surface area contributed by atoms with Crippen molar-refractivity contribution in [2.45, 2.75) is 43.7 Å². The Kier molecular flexibility index (Phi) is 5.28. The maximum absolute atomic E-state index is 13.1. The Hall–Kier alpha value is -2.73. The quantitative estimate of drug-likeness (QED) is 0.512. The third-order valence-electron chi connectivity index (χ3n) is 7.76. The Morgan fingerprint density at radius 2 is 2.00 bits per heavy atom. The second-order valence-electron chi connectivity index (χ2n) is 9.67. The topological polar surface area (TPSA) is 43.9 Å². The van der Waals surface area contributed by atoms with E-state index in [2.05, 4.69) is 39.8 Å². The Balaban J connectivity index is 1.29. The van der Waals surface area contributed by atoms with Crippen LogP contribution in [0.15, 0.2) is 42.5 Å². The highest BCUT2D eigenvalue weighted by molar-refractivity contribution is 5.96. The lowest BCUT2D eigenvalue weighted by atomic mass is 9.74. The lowest BCUT2D eigenvalue weighted by molar-refractivity contribution is -0.108. The highest BCUT2D eigenvalue weighted by Gasteiger charge is 2.53. The van der Waals surface area contributed by atoms with E-state index >= 15 is 0 Å². The van der Waals surface area contributed by atoms with Crippen LogP contribution in [-0.4, -0.2) is 62.3 Å². The van der Waals surface area contributed by atoms with E-state index in [0.717, 1.165) is 51.0 Å². The number of halogens is 1. The molecule has 0 saturated carbocycles. The third-order valence-corrected chi connectivity index (χ3v) is 7.76. The number of hydrogen-bond donors (Lipinski definition) is 0. The summed E-state index contributed by atoms with van der Waals surface area (Å²) in [4.78, 5) is 31.2. The van der Waals surface area contributed by atoms with Crippen LogP contribution in [0.1, 0.15) is 42.1 Å². The lowest BCUT2D eigenvalue weighted by Gasteiger charge is -2.47. The summed E-state index contributed by atoms with van der Waals surface area (Å²) in [5.74, 6) is -0.247. The van der Waals surface area contributed by atoms with E-state index in [9.17, 15) is 14.0 Å². The van der Waals surface area contributed by atoms with Crippen LogP contribution >= 0.6 is 0 Å². The van der Waals surface area contributed by atoms with Gasteiger partial charge in [0.2, 0.25) is 0 Å². The average Bonchev–Trinajstić information content (AvgIpc) is 3.04. The summed E-state index contributed by atoms with van der Waals surface area (Å²) in [6, 6.07) is 12.6. The SMILES string of the molecule is CN1c2cccc3c2N(CC1C=O)[C@H]1CCN(CCCC(=O)c2ccc(F)cc2)C[C@@]31C. The van der Waals surface area contributed by atoms with Gasteiger partial charge in [-0.3, -0.25) is 4.79 Å². The summed E-state index contributed by atoms with van der Waals surface area (Å²) in [6.45, 7) is 5.92. The first kappa shape index (κ1) is 21.1. The third kappa shape index (κ3) is 3.32. The van der Waals surface area contributed by atoms with Crippen molar-refractivity contribution in [2.24, 2.45) is 0 Å². The molecule has 0 spiro atoms. The molecule has 2 aromatic carbocycles. The largest absolute Gasteiger partial charge is 0.363 e. The monoisotopic (exact) mass is 435 g/mol. The fourth-order valence-corrected chi connectivity index (χ4v) is 6.06. The minimum absolute atomic E-state index is 0.00315. The lowest BCUT2D eigenvalue weighted by Crippen LogP contribution is -2.58. The number of carbonyl (C=O) groups is 2. The minimum Gasteiger partial charge on any atom is -0.363 e. The highest BCUT2D eigenvalue weighted by Crippen LogP contribution is 2.54. The number of Topliss-reactive ketones (excluding diaryl/α,β-unsaturated/α-hetero) is 1. The summed E-state index contributed by atoms with van der Waals surface area (Å²) in [5.41, 5.74) is 4.41. The van der Waals surface area contributed by atoms with Crippen molar-refractivity contribution in [3.8, 4) is 0 Å². The summed E-state index contributed by atoms with van der Waals surface area (Å²) in [5, 5.41) is 0. The van der Waals surface area contributed by atoms with Crippen molar-refractivity contribution < 1.29 is 14.0 Å². The predicted octanol–water partition coefficient (Wildman–Crippen LogP) is 3.66. The predicted molar refractivity (Wildman–Crippen MR) is 124 cm³/mol. The molecule has 168 valence electrons. The van der Waals surface area contributed by atoms with E-state index in [-0.39, 0.29) is 23.1 Å². The van der Waals surface area contributed by atoms with Crippen molar-refractivity contribution in [3.05, 3.63) is 59.4 Å². The molecule has 1 saturated heterocycles. The van der Waals surface area contributed by atoms with Gasteiger partial charge in [0.25, 0.3) is 0 Å². The van der Waals surface area contributed by atoms with Gasteiger partial charge < -0.3 is 19.5 Å². The van der Waals surface area contributed by atoms with Crippen LogP contribution in [0.5, 0.6) is 0 Å². The Morgan fingerprint density at radius 3 is 2.75 bits per heavy atom. The van der Waals surface area contributed by atoms with Gasteiger partial charge in [-0.05, 0) is 55.3 Å². The fraction of sp³-hybridized carbons (Fsp3) is 0.462. The number of aldehydes is 1. The van der Waals surface area contributed by atoms with E-state index in [0.29, 0.717) is 18.0 Å². The minimum atomic E-state index is -0.318. The van der Waals surface area contributed by atoms with Crippen LogP contribution in [0.2, 0.25) is 0 Å². The molecule has 1 unspecified atom stereocenters. The van der Waals surface area contributed by atoms with Gasteiger partial charge >= 0.3 is 0 Å². The number of rotatable bonds is 6. The summed E-state index contributed by atoms with van der Waals surface area (Å²) >= 11 is 0. The van der Waals surface area contributed by atoms with Crippen LogP contribution in [0.3, 0.4) is 0 Å². The smallest absolute Gasteiger partial charge is 0.162 e. The van der Waals surface area contributed by atoms with Gasteiger partial charge in [-0.25, -0.2) is 4.39 Å². The van der Waals surface area contributed by atoms with Crippen LogP contribution in [-0.2, 0) is 10.2 Å². The molecule has 1 fully saturated rings. The number of likely N-dealkylation sites (tertiary alicyclic amines) is 1. The van der Waals surface area contributed by atoms with Gasteiger partial charge in [-0.2, -0.15) is 0 Å². The molecule has 3 aliphatic heterocycles. The van der Waals surface area contributed by atoms with Crippen LogP contribution < -0.4 is 9.80 Å². The van der Waals surface area contributed by atoms with E-state index in [1.54, 1.807) is 12.1 Å².